The third-order valence-electron chi connectivity index (χ3n) is 5.50. The quantitative estimate of drug-likeness (QED) is 0.517. The van der Waals surface area contributed by atoms with Gasteiger partial charge < -0.3 is 24.2 Å². The van der Waals surface area contributed by atoms with E-state index in [0.29, 0.717) is 24.1 Å². The molecule has 13 heteroatoms. The van der Waals surface area contributed by atoms with Crippen LogP contribution in [0, 0.1) is 5.92 Å². The fourth-order valence-corrected chi connectivity index (χ4v) is 3.97. The van der Waals surface area contributed by atoms with Crippen LogP contribution in [0.2, 0.25) is 0 Å². The van der Waals surface area contributed by atoms with Gasteiger partial charge in [0.2, 0.25) is 0 Å². The van der Waals surface area contributed by atoms with Crippen LogP contribution in [0.5, 0.6) is 0 Å². The summed E-state index contributed by atoms with van der Waals surface area (Å²) >= 11 is 0. The molecule has 34 heavy (non-hydrogen) atoms. The van der Waals surface area contributed by atoms with Gasteiger partial charge in [0.15, 0.2) is 0 Å². The topological polar surface area (TPSA) is 94.2 Å². The standard InChI is InChI=1S/C15H19F3N2.C6H10BO6.Na/c16-15(17,18)13-4-2-1-3-12(13)9-19-14-10-20-7-5-11(14)6-8-20;1-4(8)11-7(12-5(2)9)13-6(3)10;/h1-4,11,14,19H,5-10H2;7H,1-3H3;/q;-1;+1/t14-;;/m1../s1. The van der Waals surface area contributed by atoms with E-state index < -0.39 is 37.0 Å². The van der Waals surface area contributed by atoms with Gasteiger partial charge in [0.25, 0.3) is 17.9 Å². The average molecular weight is 496 g/mol. The van der Waals surface area contributed by atoms with E-state index in [-0.39, 0.29) is 29.6 Å². The van der Waals surface area contributed by atoms with E-state index in [1.807, 2.05) is 0 Å². The van der Waals surface area contributed by atoms with Gasteiger partial charge in [-0.1, -0.05) is 18.2 Å². The van der Waals surface area contributed by atoms with E-state index in [9.17, 15) is 27.6 Å². The predicted octanol–water partition coefficient (Wildman–Crippen LogP) is -0.714. The van der Waals surface area contributed by atoms with Crippen LogP contribution in [0.3, 0.4) is 0 Å². The summed E-state index contributed by atoms with van der Waals surface area (Å²) in [6, 6.07) is 6.17. The molecule has 0 radical (unpaired) electrons. The summed E-state index contributed by atoms with van der Waals surface area (Å²) in [6.45, 7) is 6.90. The second-order valence-electron chi connectivity index (χ2n) is 8.04. The number of carbonyl (C=O) groups is 3. The molecule has 0 aliphatic carbocycles. The molecule has 3 saturated heterocycles. The van der Waals surface area contributed by atoms with E-state index >= 15 is 0 Å². The molecule has 1 aromatic carbocycles. The maximum absolute atomic E-state index is 12.9. The van der Waals surface area contributed by atoms with Crippen molar-refractivity contribution in [3.05, 3.63) is 35.4 Å². The first-order chi connectivity index (χ1) is 15.5. The van der Waals surface area contributed by atoms with Crippen molar-refractivity contribution in [2.24, 2.45) is 5.92 Å². The molecule has 8 nitrogen and oxygen atoms in total. The predicted molar refractivity (Wildman–Crippen MR) is 114 cm³/mol. The Morgan fingerprint density at radius 2 is 1.50 bits per heavy atom. The monoisotopic (exact) mass is 496 g/mol. The number of benzene rings is 1. The van der Waals surface area contributed by atoms with Crippen molar-refractivity contribution in [2.45, 2.75) is 52.4 Å². The Labute approximate surface area is 219 Å². The van der Waals surface area contributed by atoms with Gasteiger partial charge in [-0.25, -0.2) is 0 Å². The zero-order valence-electron chi connectivity index (χ0n) is 19.9. The van der Waals surface area contributed by atoms with Crippen molar-refractivity contribution in [2.75, 3.05) is 19.6 Å². The molecule has 184 valence electrons. The second-order valence-corrected chi connectivity index (χ2v) is 8.04. The zero-order valence-corrected chi connectivity index (χ0v) is 21.9. The molecule has 3 aliphatic heterocycles. The van der Waals surface area contributed by atoms with Crippen LogP contribution in [0.4, 0.5) is 13.2 Å². The fraction of sp³-hybridized carbons (Fsp3) is 0.571. The number of rotatable bonds is 6. The minimum atomic E-state index is -4.27. The van der Waals surface area contributed by atoms with Crippen LogP contribution >= 0.6 is 0 Å². The van der Waals surface area contributed by atoms with E-state index in [1.54, 1.807) is 12.1 Å². The largest absolute Gasteiger partial charge is 1.00 e. The van der Waals surface area contributed by atoms with Crippen LogP contribution in [0.25, 0.3) is 0 Å². The summed E-state index contributed by atoms with van der Waals surface area (Å²) < 4.78 is 52.1. The summed E-state index contributed by atoms with van der Waals surface area (Å²) in [5.74, 6) is -1.41. The Hall–Kier alpha value is -1.60. The minimum Gasteiger partial charge on any atom is -0.625 e. The van der Waals surface area contributed by atoms with Gasteiger partial charge in [-0.3, -0.25) is 14.4 Å². The Morgan fingerprint density at radius 3 is 1.91 bits per heavy atom. The first-order valence-electron chi connectivity index (χ1n) is 10.7. The minimum absolute atomic E-state index is 0. The van der Waals surface area contributed by atoms with Gasteiger partial charge in [-0.15, -0.1) is 0 Å². The zero-order chi connectivity index (χ0) is 24.6. The van der Waals surface area contributed by atoms with Crippen LogP contribution in [0.15, 0.2) is 24.3 Å². The number of nitrogens with zero attached hydrogens (tertiary/aromatic N) is 1. The number of piperidine rings is 3. The van der Waals surface area contributed by atoms with Crippen LogP contribution in [-0.4, -0.2) is 55.8 Å². The second kappa shape index (κ2) is 14.1. The SMILES string of the molecule is CC(=O)O[BH-](OC(C)=O)OC(C)=O.FC(F)(F)c1ccccc1CN[C@@H]1CN2CCC1CC2.[Na+]. The van der Waals surface area contributed by atoms with E-state index in [4.69, 9.17) is 0 Å². The number of carbonyl (C=O) groups excluding carboxylic acids is 3. The van der Waals surface area contributed by atoms with Crippen molar-refractivity contribution < 1.29 is 71.1 Å². The molecule has 0 aromatic heterocycles. The number of hydrogen-bond acceptors (Lipinski definition) is 8. The van der Waals surface area contributed by atoms with Crippen molar-refractivity contribution >= 4 is 25.2 Å². The van der Waals surface area contributed by atoms with Crippen LogP contribution in [-0.2, 0) is 41.1 Å². The van der Waals surface area contributed by atoms with E-state index in [1.165, 1.54) is 18.9 Å². The molecule has 3 heterocycles. The van der Waals surface area contributed by atoms with Gasteiger partial charge >= 0.3 is 43.1 Å². The van der Waals surface area contributed by atoms with Crippen molar-refractivity contribution in [1.29, 1.82) is 0 Å². The fourth-order valence-electron chi connectivity index (χ4n) is 3.97. The number of fused-ring (bicyclic) bond motifs is 3. The summed E-state index contributed by atoms with van der Waals surface area (Å²) in [4.78, 5) is 33.7. The van der Waals surface area contributed by atoms with Gasteiger partial charge in [-0.05, 0) is 43.5 Å². The molecule has 0 unspecified atom stereocenters. The Bertz CT molecular complexity index is 799. The Balaban J connectivity index is 0.000000364. The van der Waals surface area contributed by atoms with Crippen molar-refractivity contribution in [3.8, 4) is 0 Å². The smallest absolute Gasteiger partial charge is 0.625 e. The molecule has 4 rings (SSSR count). The maximum atomic E-state index is 12.9. The molecule has 3 aliphatic rings. The van der Waals surface area contributed by atoms with Gasteiger partial charge in [0, 0.05) is 39.9 Å². The van der Waals surface area contributed by atoms with Gasteiger partial charge in [-0.2, -0.15) is 13.2 Å². The Kier molecular flexibility index (Phi) is 12.6. The molecule has 0 saturated carbocycles. The molecule has 2 bridgehead atoms. The first kappa shape index (κ1) is 30.4. The summed E-state index contributed by atoms with van der Waals surface area (Å²) in [6.07, 6.45) is -1.94. The van der Waals surface area contributed by atoms with E-state index in [0.717, 1.165) is 46.5 Å². The average Bonchev–Trinajstić information content (AvgIpc) is 2.72. The molecule has 1 N–H and O–H groups in total. The van der Waals surface area contributed by atoms with Gasteiger partial charge in [0.05, 0.1) is 5.56 Å². The third-order valence-corrected chi connectivity index (χ3v) is 5.50. The number of nitrogens with one attached hydrogen (secondary N) is 1. The molecular formula is C21H29BF3N2NaO6. The Morgan fingerprint density at radius 1 is 1.00 bits per heavy atom. The summed E-state index contributed by atoms with van der Waals surface area (Å²) in [7, 11) is -2.41. The van der Waals surface area contributed by atoms with Crippen LogP contribution in [0.1, 0.15) is 44.7 Å². The number of alkyl halides is 3. The third kappa shape index (κ3) is 10.3. The van der Waals surface area contributed by atoms with E-state index in [2.05, 4.69) is 24.2 Å². The first-order valence-corrected chi connectivity index (χ1v) is 10.7. The number of halogens is 3. The molecule has 3 fully saturated rings. The van der Waals surface area contributed by atoms with Crippen LogP contribution < -0.4 is 34.9 Å². The molecular weight excluding hydrogens is 467 g/mol. The summed E-state index contributed by atoms with van der Waals surface area (Å²) in [5, 5.41) is 3.34. The molecule has 1 aromatic rings. The normalized spacial score (nSPS) is 21.0. The number of hydrogen-bond donors (Lipinski definition) is 1. The molecule has 1 atom stereocenters. The van der Waals surface area contributed by atoms with Crippen molar-refractivity contribution in [3.63, 3.8) is 0 Å². The van der Waals surface area contributed by atoms with Crippen molar-refractivity contribution in [1.82, 2.24) is 10.2 Å². The molecule has 0 amide bonds. The summed E-state index contributed by atoms with van der Waals surface area (Å²) in [5.41, 5.74) is -0.176. The molecule has 0 spiro atoms. The maximum Gasteiger partial charge on any atom is 1.00 e. The van der Waals surface area contributed by atoms with Gasteiger partial charge in [0.1, 0.15) is 0 Å².